The second-order valence-corrected chi connectivity index (χ2v) is 8.21. The molecule has 1 aliphatic heterocycles. The molecule has 1 N–H and O–H groups in total. The van der Waals surface area contributed by atoms with Gasteiger partial charge in [0.2, 0.25) is 0 Å². The van der Waals surface area contributed by atoms with E-state index in [-0.39, 0.29) is 11.9 Å². The SMILES string of the molecule is Cc1ccc(N2C(=O)c3[nH]nc(-c4ccc(Cl)cc4)c3[C@@H]2c2cccs2)cc1. The zero-order valence-electron chi connectivity index (χ0n) is 15.0. The highest BCUT2D eigenvalue weighted by Crippen LogP contribution is 2.46. The maximum atomic E-state index is 13.3. The number of hydrogen-bond acceptors (Lipinski definition) is 3. The average Bonchev–Trinajstić information content (AvgIpc) is 3.42. The number of rotatable bonds is 3. The molecule has 2 aromatic heterocycles. The predicted molar refractivity (Wildman–Crippen MR) is 113 cm³/mol. The van der Waals surface area contributed by atoms with E-state index in [2.05, 4.69) is 16.3 Å². The van der Waals surface area contributed by atoms with Crippen molar-refractivity contribution in [1.82, 2.24) is 10.2 Å². The maximum absolute atomic E-state index is 13.3. The number of halogens is 1. The number of amides is 1. The van der Waals surface area contributed by atoms with Crippen LogP contribution in [0.5, 0.6) is 0 Å². The highest BCUT2D eigenvalue weighted by Gasteiger charge is 2.43. The van der Waals surface area contributed by atoms with Gasteiger partial charge in [-0.15, -0.1) is 11.3 Å². The molecule has 0 radical (unpaired) electrons. The summed E-state index contributed by atoms with van der Waals surface area (Å²) in [7, 11) is 0. The molecule has 0 unspecified atom stereocenters. The van der Waals surface area contributed by atoms with E-state index in [1.54, 1.807) is 11.3 Å². The number of nitrogens with one attached hydrogen (secondary N) is 1. The number of hydrogen-bond donors (Lipinski definition) is 1. The van der Waals surface area contributed by atoms with Gasteiger partial charge in [-0.05, 0) is 42.6 Å². The molecule has 1 aliphatic rings. The second kappa shape index (κ2) is 6.62. The Labute approximate surface area is 171 Å². The van der Waals surface area contributed by atoms with Crippen LogP contribution in [0.15, 0.2) is 66.0 Å². The van der Waals surface area contributed by atoms with E-state index in [4.69, 9.17) is 11.6 Å². The number of aryl methyl sites for hydroxylation is 1. The summed E-state index contributed by atoms with van der Waals surface area (Å²) in [6, 6.07) is 19.5. The molecule has 28 heavy (non-hydrogen) atoms. The van der Waals surface area contributed by atoms with Crippen LogP contribution in [0.4, 0.5) is 5.69 Å². The minimum absolute atomic E-state index is 0.0648. The molecular weight excluding hydrogens is 390 g/mol. The summed E-state index contributed by atoms with van der Waals surface area (Å²) in [6.45, 7) is 2.04. The quantitative estimate of drug-likeness (QED) is 0.464. The van der Waals surface area contributed by atoms with Gasteiger partial charge in [0.05, 0.1) is 5.69 Å². The van der Waals surface area contributed by atoms with Gasteiger partial charge >= 0.3 is 0 Å². The number of fused-ring (bicyclic) bond motifs is 1. The zero-order chi connectivity index (χ0) is 19.3. The largest absolute Gasteiger partial charge is 0.294 e. The molecule has 5 rings (SSSR count). The van der Waals surface area contributed by atoms with Crippen molar-refractivity contribution in [3.63, 3.8) is 0 Å². The van der Waals surface area contributed by atoms with E-state index in [0.717, 1.165) is 32.9 Å². The summed E-state index contributed by atoms with van der Waals surface area (Å²) in [6.07, 6.45) is 0. The van der Waals surface area contributed by atoms with Crippen LogP contribution in [-0.4, -0.2) is 16.1 Å². The van der Waals surface area contributed by atoms with Crippen molar-refractivity contribution in [1.29, 1.82) is 0 Å². The van der Waals surface area contributed by atoms with Gasteiger partial charge in [0, 0.05) is 26.7 Å². The number of aromatic nitrogens is 2. The lowest BCUT2D eigenvalue weighted by molar-refractivity contribution is 0.0989. The summed E-state index contributed by atoms with van der Waals surface area (Å²) in [5.41, 5.74) is 5.21. The van der Waals surface area contributed by atoms with Crippen LogP contribution in [0.25, 0.3) is 11.3 Å². The van der Waals surface area contributed by atoms with Crippen molar-refractivity contribution in [2.45, 2.75) is 13.0 Å². The van der Waals surface area contributed by atoms with Crippen molar-refractivity contribution in [3.8, 4) is 11.3 Å². The molecule has 0 aliphatic carbocycles. The fourth-order valence-electron chi connectivity index (χ4n) is 3.66. The Morgan fingerprint density at radius 1 is 1.07 bits per heavy atom. The molecular formula is C22H16ClN3OS. The minimum Gasteiger partial charge on any atom is -0.294 e. The van der Waals surface area contributed by atoms with Gasteiger partial charge in [-0.25, -0.2) is 0 Å². The van der Waals surface area contributed by atoms with Gasteiger partial charge in [-0.3, -0.25) is 14.8 Å². The second-order valence-electron chi connectivity index (χ2n) is 6.80. The first-order valence-corrected chi connectivity index (χ1v) is 10.2. The lowest BCUT2D eigenvalue weighted by Gasteiger charge is -2.25. The smallest absolute Gasteiger partial charge is 0.277 e. The molecule has 4 nitrogen and oxygen atoms in total. The fraction of sp³-hybridized carbons (Fsp3) is 0.0909. The van der Waals surface area contributed by atoms with E-state index in [1.807, 2.05) is 71.8 Å². The standard InChI is InChI=1S/C22H16ClN3OS/c1-13-4-10-16(11-5-13)26-21(17-3-2-12-28-17)18-19(24-25-20(18)22(26)27)14-6-8-15(23)9-7-14/h2-12,21H,1H3,(H,24,25)/t21-/m0/s1. The fourth-order valence-corrected chi connectivity index (χ4v) is 4.61. The van der Waals surface area contributed by atoms with Crippen LogP contribution in [-0.2, 0) is 0 Å². The van der Waals surface area contributed by atoms with Gasteiger partial charge < -0.3 is 0 Å². The van der Waals surface area contributed by atoms with Crippen molar-refractivity contribution in [2.75, 3.05) is 4.90 Å². The van der Waals surface area contributed by atoms with Crippen LogP contribution >= 0.6 is 22.9 Å². The summed E-state index contributed by atoms with van der Waals surface area (Å²) in [5, 5.41) is 10.2. The van der Waals surface area contributed by atoms with Gasteiger partial charge in [-0.2, -0.15) is 5.10 Å². The summed E-state index contributed by atoms with van der Waals surface area (Å²) in [5.74, 6) is -0.0648. The Balaban J connectivity index is 1.70. The maximum Gasteiger partial charge on any atom is 0.277 e. The monoisotopic (exact) mass is 405 g/mol. The topological polar surface area (TPSA) is 49.0 Å². The molecule has 1 atom stereocenters. The van der Waals surface area contributed by atoms with Crippen molar-refractivity contribution >= 4 is 34.5 Å². The number of carbonyl (C=O) groups excluding carboxylic acids is 1. The van der Waals surface area contributed by atoms with E-state index < -0.39 is 0 Å². The molecule has 4 aromatic rings. The third kappa shape index (κ3) is 2.66. The molecule has 138 valence electrons. The normalized spacial score (nSPS) is 15.9. The van der Waals surface area contributed by atoms with Crippen LogP contribution in [0.1, 0.15) is 32.5 Å². The zero-order valence-corrected chi connectivity index (χ0v) is 16.6. The first-order chi connectivity index (χ1) is 13.6. The molecule has 0 bridgehead atoms. The highest BCUT2D eigenvalue weighted by atomic mass is 35.5. The average molecular weight is 406 g/mol. The van der Waals surface area contributed by atoms with Crippen molar-refractivity contribution < 1.29 is 4.79 Å². The molecule has 2 aromatic carbocycles. The molecule has 1 amide bonds. The van der Waals surface area contributed by atoms with E-state index in [9.17, 15) is 4.79 Å². The van der Waals surface area contributed by atoms with Crippen molar-refractivity contribution in [2.24, 2.45) is 0 Å². The Hall–Kier alpha value is -2.89. The van der Waals surface area contributed by atoms with E-state index >= 15 is 0 Å². The van der Waals surface area contributed by atoms with Gasteiger partial charge in [0.1, 0.15) is 11.7 Å². The number of aromatic amines is 1. The number of benzene rings is 2. The van der Waals surface area contributed by atoms with Gasteiger partial charge in [0.15, 0.2) is 0 Å². The van der Waals surface area contributed by atoms with E-state index in [0.29, 0.717) is 10.7 Å². The third-order valence-corrected chi connectivity index (χ3v) is 6.19. The Morgan fingerprint density at radius 2 is 1.82 bits per heavy atom. The van der Waals surface area contributed by atoms with E-state index in [1.165, 1.54) is 0 Å². The van der Waals surface area contributed by atoms with Crippen LogP contribution < -0.4 is 4.90 Å². The summed E-state index contributed by atoms with van der Waals surface area (Å²) in [4.78, 5) is 16.3. The number of nitrogens with zero attached hydrogens (tertiary/aromatic N) is 2. The lowest BCUT2D eigenvalue weighted by atomic mass is 10.0. The predicted octanol–water partition coefficient (Wildman–Crippen LogP) is 5.85. The summed E-state index contributed by atoms with van der Waals surface area (Å²) >= 11 is 7.69. The Morgan fingerprint density at radius 3 is 2.50 bits per heavy atom. The number of thiophene rings is 1. The molecule has 0 saturated carbocycles. The van der Waals surface area contributed by atoms with Gasteiger partial charge in [0.25, 0.3) is 5.91 Å². The molecule has 6 heteroatoms. The third-order valence-electron chi connectivity index (χ3n) is 5.01. The lowest BCUT2D eigenvalue weighted by Crippen LogP contribution is -2.28. The van der Waals surface area contributed by atoms with Crippen molar-refractivity contribution in [3.05, 3.63) is 92.8 Å². The molecule has 0 spiro atoms. The Kier molecular flexibility index (Phi) is 4.07. The minimum atomic E-state index is -0.213. The highest BCUT2D eigenvalue weighted by molar-refractivity contribution is 7.10. The van der Waals surface area contributed by atoms with Crippen LogP contribution in [0.3, 0.4) is 0 Å². The number of carbonyl (C=O) groups is 1. The number of H-pyrrole nitrogens is 1. The number of anilines is 1. The molecule has 3 heterocycles. The molecule has 0 saturated heterocycles. The van der Waals surface area contributed by atoms with Crippen LogP contribution in [0.2, 0.25) is 5.02 Å². The summed E-state index contributed by atoms with van der Waals surface area (Å²) < 4.78 is 0. The van der Waals surface area contributed by atoms with Crippen LogP contribution in [0, 0.1) is 6.92 Å². The Bertz CT molecular complexity index is 1150. The molecule has 0 fully saturated rings. The van der Waals surface area contributed by atoms with Gasteiger partial charge in [-0.1, -0.05) is 47.5 Å². The first kappa shape index (κ1) is 17.2. The first-order valence-electron chi connectivity index (χ1n) is 8.91.